The van der Waals surface area contributed by atoms with Gasteiger partial charge in [-0.25, -0.2) is 0 Å². The van der Waals surface area contributed by atoms with Crippen LogP contribution in [0.15, 0.2) is 0 Å². The Morgan fingerprint density at radius 3 is 2.65 bits per heavy atom. The molecule has 0 aromatic heterocycles. The van der Waals surface area contributed by atoms with Crippen molar-refractivity contribution in [1.29, 1.82) is 0 Å². The van der Waals surface area contributed by atoms with Gasteiger partial charge in [0.05, 0.1) is 7.11 Å². The van der Waals surface area contributed by atoms with Crippen LogP contribution in [-0.4, -0.2) is 42.6 Å². The summed E-state index contributed by atoms with van der Waals surface area (Å²) in [6.45, 7) is 4.07. The van der Waals surface area contributed by atoms with Gasteiger partial charge in [0.15, 0.2) is 0 Å². The van der Waals surface area contributed by atoms with Crippen LogP contribution in [-0.2, 0) is 9.53 Å². The van der Waals surface area contributed by atoms with Crippen molar-refractivity contribution in [3.8, 4) is 0 Å². The average molecular weight is 282 g/mol. The monoisotopic (exact) mass is 282 g/mol. The molecule has 0 aromatic carbocycles. The zero-order valence-electron chi connectivity index (χ0n) is 13.1. The highest BCUT2D eigenvalue weighted by molar-refractivity contribution is 5.79. The van der Waals surface area contributed by atoms with Crippen molar-refractivity contribution in [2.24, 2.45) is 11.7 Å². The third-order valence-corrected chi connectivity index (χ3v) is 5.15. The van der Waals surface area contributed by atoms with E-state index in [1.807, 2.05) is 0 Å². The molecule has 0 amide bonds. The molecule has 0 radical (unpaired) electrons. The molecule has 2 N–H and O–H groups in total. The number of hydrogen-bond acceptors (Lipinski definition) is 4. The van der Waals surface area contributed by atoms with E-state index in [4.69, 9.17) is 10.5 Å². The van der Waals surface area contributed by atoms with Crippen molar-refractivity contribution in [2.45, 2.75) is 69.9 Å². The van der Waals surface area contributed by atoms with Gasteiger partial charge in [-0.15, -0.1) is 0 Å². The van der Waals surface area contributed by atoms with E-state index in [0.29, 0.717) is 6.42 Å². The van der Waals surface area contributed by atoms with E-state index in [1.165, 1.54) is 52.2 Å². The molecular weight excluding hydrogens is 252 g/mol. The molecule has 1 saturated heterocycles. The number of nitrogens with two attached hydrogens (primary N) is 1. The SMILES string of the molecule is COC(=O)C(C)(N)CCCN1CCCC1C1CCCC1. The number of carbonyl (C=O) groups excluding carboxylic acids is 1. The van der Waals surface area contributed by atoms with Gasteiger partial charge >= 0.3 is 5.97 Å². The Bertz CT molecular complexity index is 324. The summed E-state index contributed by atoms with van der Waals surface area (Å²) in [5.41, 5.74) is 5.18. The van der Waals surface area contributed by atoms with Crippen molar-refractivity contribution in [3.63, 3.8) is 0 Å². The van der Waals surface area contributed by atoms with Gasteiger partial charge in [0.2, 0.25) is 0 Å². The van der Waals surface area contributed by atoms with Gasteiger partial charge in [-0.2, -0.15) is 0 Å². The molecule has 1 heterocycles. The molecular formula is C16H30N2O2. The average Bonchev–Trinajstić information content (AvgIpc) is 3.07. The summed E-state index contributed by atoms with van der Waals surface area (Å²) >= 11 is 0. The van der Waals surface area contributed by atoms with Crippen LogP contribution in [0.3, 0.4) is 0 Å². The summed E-state index contributed by atoms with van der Waals surface area (Å²) in [4.78, 5) is 14.2. The Hall–Kier alpha value is -0.610. The van der Waals surface area contributed by atoms with E-state index < -0.39 is 5.54 Å². The Kier molecular flexibility index (Phi) is 5.44. The van der Waals surface area contributed by atoms with E-state index in [-0.39, 0.29) is 5.97 Å². The van der Waals surface area contributed by atoms with Crippen molar-refractivity contribution in [1.82, 2.24) is 4.90 Å². The molecule has 1 saturated carbocycles. The largest absolute Gasteiger partial charge is 0.468 e. The third-order valence-electron chi connectivity index (χ3n) is 5.15. The molecule has 4 nitrogen and oxygen atoms in total. The van der Waals surface area contributed by atoms with Crippen LogP contribution in [0.1, 0.15) is 58.3 Å². The first-order chi connectivity index (χ1) is 9.54. The van der Waals surface area contributed by atoms with Crippen LogP contribution in [0.2, 0.25) is 0 Å². The second-order valence-electron chi connectivity index (χ2n) is 6.80. The zero-order chi connectivity index (χ0) is 14.6. The smallest absolute Gasteiger partial charge is 0.325 e. The Morgan fingerprint density at radius 2 is 2.00 bits per heavy atom. The molecule has 0 bridgehead atoms. The van der Waals surface area contributed by atoms with E-state index >= 15 is 0 Å². The van der Waals surface area contributed by atoms with Crippen LogP contribution in [0.4, 0.5) is 0 Å². The first kappa shape index (κ1) is 15.8. The van der Waals surface area contributed by atoms with E-state index in [1.54, 1.807) is 6.92 Å². The van der Waals surface area contributed by atoms with Crippen LogP contribution in [0.25, 0.3) is 0 Å². The second kappa shape index (κ2) is 6.90. The van der Waals surface area contributed by atoms with Crippen LogP contribution >= 0.6 is 0 Å². The van der Waals surface area contributed by atoms with Crippen molar-refractivity contribution < 1.29 is 9.53 Å². The van der Waals surface area contributed by atoms with Crippen LogP contribution in [0, 0.1) is 5.92 Å². The molecule has 0 aromatic rings. The predicted octanol–water partition coefficient (Wildman–Crippen LogP) is 2.31. The number of nitrogens with zero attached hydrogens (tertiary/aromatic N) is 1. The summed E-state index contributed by atoms with van der Waals surface area (Å²) in [5.74, 6) is 0.619. The summed E-state index contributed by atoms with van der Waals surface area (Å²) in [7, 11) is 1.41. The molecule has 2 rings (SSSR count). The number of ether oxygens (including phenoxy) is 1. The van der Waals surface area contributed by atoms with Gasteiger partial charge in [-0.3, -0.25) is 4.79 Å². The minimum Gasteiger partial charge on any atom is -0.468 e. The molecule has 1 aliphatic carbocycles. The van der Waals surface area contributed by atoms with Gasteiger partial charge in [0.1, 0.15) is 5.54 Å². The highest BCUT2D eigenvalue weighted by atomic mass is 16.5. The lowest BCUT2D eigenvalue weighted by Crippen LogP contribution is -2.46. The summed E-state index contributed by atoms with van der Waals surface area (Å²) < 4.78 is 4.76. The van der Waals surface area contributed by atoms with Gasteiger partial charge in [0.25, 0.3) is 0 Å². The van der Waals surface area contributed by atoms with E-state index in [2.05, 4.69) is 4.90 Å². The molecule has 1 aliphatic heterocycles. The Morgan fingerprint density at radius 1 is 1.30 bits per heavy atom. The molecule has 116 valence electrons. The fraction of sp³-hybridized carbons (Fsp3) is 0.938. The second-order valence-corrected chi connectivity index (χ2v) is 6.80. The molecule has 2 atom stereocenters. The zero-order valence-corrected chi connectivity index (χ0v) is 13.1. The van der Waals surface area contributed by atoms with Crippen molar-refractivity contribution >= 4 is 5.97 Å². The maximum absolute atomic E-state index is 11.6. The molecule has 2 fully saturated rings. The first-order valence-corrected chi connectivity index (χ1v) is 8.16. The fourth-order valence-electron chi connectivity index (χ4n) is 3.99. The van der Waals surface area contributed by atoms with Gasteiger partial charge in [0, 0.05) is 6.04 Å². The Labute approximate surface area is 123 Å². The number of methoxy groups -OCH3 is 1. The lowest BCUT2D eigenvalue weighted by atomic mass is 9.94. The topological polar surface area (TPSA) is 55.6 Å². The van der Waals surface area contributed by atoms with Crippen LogP contribution < -0.4 is 5.73 Å². The van der Waals surface area contributed by atoms with E-state index in [9.17, 15) is 4.79 Å². The standard InChI is InChI=1S/C16H30N2O2/c1-16(17,15(19)20-2)10-6-12-18-11-5-9-14(18)13-7-3-4-8-13/h13-14H,3-12,17H2,1-2H3. The Balaban J connectivity index is 1.77. The molecule has 0 spiro atoms. The minimum absolute atomic E-state index is 0.300. The summed E-state index contributed by atoms with van der Waals surface area (Å²) in [6.07, 6.45) is 10.0. The lowest BCUT2D eigenvalue weighted by molar-refractivity contribution is -0.146. The highest BCUT2D eigenvalue weighted by Gasteiger charge is 2.34. The lowest BCUT2D eigenvalue weighted by Gasteiger charge is -2.30. The molecule has 4 heteroatoms. The number of carbonyl (C=O) groups is 1. The molecule has 20 heavy (non-hydrogen) atoms. The quantitative estimate of drug-likeness (QED) is 0.760. The maximum atomic E-state index is 11.6. The van der Waals surface area contributed by atoms with Gasteiger partial charge in [-0.1, -0.05) is 12.8 Å². The maximum Gasteiger partial charge on any atom is 0.325 e. The predicted molar refractivity (Wildman–Crippen MR) is 80.4 cm³/mol. The molecule has 2 aliphatic rings. The summed E-state index contributed by atoms with van der Waals surface area (Å²) in [6, 6.07) is 0.791. The summed E-state index contributed by atoms with van der Waals surface area (Å²) in [5, 5.41) is 0. The highest BCUT2D eigenvalue weighted by Crippen LogP contribution is 2.35. The fourth-order valence-corrected chi connectivity index (χ4v) is 3.99. The first-order valence-electron chi connectivity index (χ1n) is 8.16. The number of likely N-dealkylation sites (tertiary alicyclic amines) is 1. The normalized spacial score (nSPS) is 27.6. The molecule has 2 unspecified atom stereocenters. The van der Waals surface area contributed by atoms with Gasteiger partial charge < -0.3 is 15.4 Å². The third kappa shape index (κ3) is 3.73. The number of esters is 1. The van der Waals surface area contributed by atoms with Crippen molar-refractivity contribution in [2.75, 3.05) is 20.2 Å². The minimum atomic E-state index is -0.836. The van der Waals surface area contributed by atoms with E-state index in [0.717, 1.165) is 24.9 Å². The van der Waals surface area contributed by atoms with Crippen LogP contribution in [0.5, 0.6) is 0 Å². The number of rotatable bonds is 6. The number of hydrogen-bond donors (Lipinski definition) is 1. The van der Waals surface area contributed by atoms with Gasteiger partial charge in [-0.05, 0) is 64.5 Å². The van der Waals surface area contributed by atoms with Crippen molar-refractivity contribution in [3.05, 3.63) is 0 Å².